The molecule has 7 heavy (non-hydrogen) atoms. The van der Waals surface area contributed by atoms with Crippen LogP contribution in [0.15, 0.2) is 12.7 Å². The van der Waals surface area contributed by atoms with E-state index in [9.17, 15) is 0 Å². The standard InChI is InChI=1S/C3H3N.BH3O2/c1-2-3-4;2-1-3/h2H,1H2;1-3H. The van der Waals surface area contributed by atoms with Gasteiger partial charge in [-0.1, -0.05) is 6.58 Å². The van der Waals surface area contributed by atoms with Gasteiger partial charge in [-0.2, -0.15) is 5.26 Å². The molecule has 0 saturated carbocycles. The lowest BCUT2D eigenvalue weighted by atomic mass is 10.5. The number of hydrogen-bond acceptors (Lipinski definition) is 3. The fourth-order valence-electron chi connectivity index (χ4n) is 0. The largest absolute Gasteiger partial charge is 0.432 e. The molecule has 0 rings (SSSR count). The van der Waals surface area contributed by atoms with E-state index in [4.69, 9.17) is 15.3 Å². The maximum Gasteiger partial charge on any atom is 0.432 e. The van der Waals surface area contributed by atoms with Gasteiger partial charge in [0, 0.05) is 6.08 Å². The molecule has 3 nitrogen and oxygen atoms in total. The Balaban J connectivity index is 0. The average molecular weight is 98.9 g/mol. The summed E-state index contributed by atoms with van der Waals surface area (Å²) in [6, 6.07) is 1.69. The summed E-state index contributed by atoms with van der Waals surface area (Å²) in [6.07, 6.45) is 1.18. The highest BCUT2D eigenvalue weighted by Gasteiger charge is 1.48. The molecule has 0 aromatic rings. The van der Waals surface area contributed by atoms with Crippen molar-refractivity contribution in [2.45, 2.75) is 0 Å². The highest BCUT2D eigenvalue weighted by molar-refractivity contribution is 6.13. The second-order valence-corrected chi connectivity index (χ2v) is 0.475. The van der Waals surface area contributed by atoms with Crippen molar-refractivity contribution in [1.82, 2.24) is 0 Å². The van der Waals surface area contributed by atoms with Gasteiger partial charge >= 0.3 is 7.69 Å². The highest BCUT2D eigenvalue weighted by atomic mass is 16.4. The molecule has 0 aliphatic heterocycles. The van der Waals surface area contributed by atoms with Crippen molar-refractivity contribution in [3.63, 3.8) is 0 Å². The number of allylic oxidation sites excluding steroid dienone is 1. The van der Waals surface area contributed by atoms with Gasteiger partial charge in [-0.15, -0.1) is 0 Å². The van der Waals surface area contributed by atoms with Crippen molar-refractivity contribution in [2.75, 3.05) is 0 Å². The molecule has 0 spiro atoms. The molecular formula is C3H6BNO2. The van der Waals surface area contributed by atoms with Crippen LogP contribution in [0.25, 0.3) is 0 Å². The van der Waals surface area contributed by atoms with E-state index in [0.29, 0.717) is 0 Å². The second-order valence-electron chi connectivity index (χ2n) is 0.475. The summed E-state index contributed by atoms with van der Waals surface area (Å²) in [4.78, 5) is 0. The van der Waals surface area contributed by atoms with Crippen LogP contribution in [0.4, 0.5) is 0 Å². The van der Waals surface area contributed by atoms with Crippen molar-refractivity contribution in [2.24, 2.45) is 0 Å². The third-order valence-electron chi connectivity index (χ3n) is 0.0913. The molecule has 4 heteroatoms. The topological polar surface area (TPSA) is 64.2 Å². The van der Waals surface area contributed by atoms with E-state index < -0.39 is 7.69 Å². The van der Waals surface area contributed by atoms with Crippen molar-refractivity contribution in [3.8, 4) is 6.07 Å². The summed E-state index contributed by atoms with van der Waals surface area (Å²) in [5.41, 5.74) is 0. The molecule has 0 fully saturated rings. The molecule has 0 aliphatic rings. The molecule has 0 aliphatic carbocycles. The van der Waals surface area contributed by atoms with Crippen molar-refractivity contribution < 1.29 is 10.0 Å². The summed E-state index contributed by atoms with van der Waals surface area (Å²) < 4.78 is 0. The average Bonchev–Trinajstić information content (AvgIpc) is 1.69. The van der Waals surface area contributed by atoms with Crippen molar-refractivity contribution >= 4 is 7.69 Å². The van der Waals surface area contributed by atoms with E-state index in [-0.39, 0.29) is 0 Å². The van der Waals surface area contributed by atoms with Crippen LogP contribution in [0, 0.1) is 11.3 Å². The first-order valence-electron chi connectivity index (χ1n) is 1.55. The van der Waals surface area contributed by atoms with E-state index in [2.05, 4.69) is 6.58 Å². The highest BCUT2D eigenvalue weighted by Crippen LogP contribution is 1.41. The van der Waals surface area contributed by atoms with E-state index in [1.54, 1.807) is 6.07 Å². The second kappa shape index (κ2) is 18.9. The molecule has 0 radical (unpaired) electrons. The lowest BCUT2D eigenvalue weighted by molar-refractivity contribution is 0.448. The maximum atomic E-state index is 7.51. The Bertz CT molecular complexity index is 67.8. The van der Waals surface area contributed by atoms with Gasteiger partial charge in [0.05, 0.1) is 6.07 Å². The monoisotopic (exact) mass is 99.0 g/mol. The summed E-state index contributed by atoms with van der Waals surface area (Å²) in [7, 11) is -0.750. The molecule has 0 atom stereocenters. The summed E-state index contributed by atoms with van der Waals surface area (Å²) in [5, 5.41) is 21.8. The molecule has 0 unspecified atom stereocenters. The van der Waals surface area contributed by atoms with Gasteiger partial charge in [-0.3, -0.25) is 0 Å². The van der Waals surface area contributed by atoms with Crippen molar-refractivity contribution in [1.29, 1.82) is 5.26 Å². The zero-order valence-corrected chi connectivity index (χ0v) is 3.83. The van der Waals surface area contributed by atoms with E-state index in [0.717, 1.165) is 0 Å². The third-order valence-corrected chi connectivity index (χ3v) is 0.0913. The normalized spacial score (nSPS) is 4.14. The Morgan fingerprint density at radius 2 is 1.86 bits per heavy atom. The fourth-order valence-corrected chi connectivity index (χ4v) is 0. The first kappa shape index (κ1) is 9.51. The predicted molar refractivity (Wildman–Crippen MR) is 27.4 cm³/mol. The van der Waals surface area contributed by atoms with Crippen LogP contribution in [0.3, 0.4) is 0 Å². The minimum atomic E-state index is -0.750. The first-order chi connectivity index (χ1) is 3.33. The zero-order chi connectivity index (χ0) is 6.12. The zero-order valence-electron chi connectivity index (χ0n) is 3.83. The number of nitrogens with zero attached hydrogens (tertiary/aromatic N) is 1. The third kappa shape index (κ3) is 1170. The van der Waals surface area contributed by atoms with Gasteiger partial charge < -0.3 is 10.0 Å². The van der Waals surface area contributed by atoms with Crippen LogP contribution in [0.2, 0.25) is 0 Å². The Morgan fingerprint density at radius 1 is 1.71 bits per heavy atom. The number of nitriles is 1. The number of rotatable bonds is 0. The molecule has 2 N–H and O–H groups in total. The van der Waals surface area contributed by atoms with Crippen molar-refractivity contribution in [3.05, 3.63) is 12.7 Å². The van der Waals surface area contributed by atoms with E-state index in [1.807, 2.05) is 0 Å². The molecule has 0 amide bonds. The molecule has 0 aromatic carbocycles. The fraction of sp³-hybridized carbons (Fsp3) is 0. The van der Waals surface area contributed by atoms with Gasteiger partial charge in [-0.05, 0) is 0 Å². The van der Waals surface area contributed by atoms with Crippen LogP contribution >= 0.6 is 0 Å². The molecule has 0 heterocycles. The molecule has 0 saturated heterocycles. The van der Waals surface area contributed by atoms with Crippen LogP contribution in [-0.4, -0.2) is 17.7 Å². The Hall–Kier alpha value is -0.785. The predicted octanol–water partition coefficient (Wildman–Crippen LogP) is -1.07. The van der Waals surface area contributed by atoms with Crippen LogP contribution in [0.5, 0.6) is 0 Å². The van der Waals surface area contributed by atoms with Gasteiger partial charge in [0.25, 0.3) is 0 Å². The Labute approximate surface area is 42.8 Å². The van der Waals surface area contributed by atoms with Gasteiger partial charge in [0.1, 0.15) is 0 Å². The van der Waals surface area contributed by atoms with Gasteiger partial charge in [0.2, 0.25) is 0 Å². The molecule has 0 aromatic heterocycles. The van der Waals surface area contributed by atoms with Crippen LogP contribution in [-0.2, 0) is 0 Å². The molecule has 38 valence electrons. The van der Waals surface area contributed by atoms with Crippen LogP contribution < -0.4 is 0 Å². The minimum Gasteiger partial charge on any atom is -0.430 e. The summed E-state index contributed by atoms with van der Waals surface area (Å²) >= 11 is 0. The molecule has 0 bridgehead atoms. The Kier molecular flexibility index (Phi) is 25.7. The smallest absolute Gasteiger partial charge is 0.430 e. The summed E-state index contributed by atoms with van der Waals surface area (Å²) in [5.74, 6) is 0. The maximum absolute atomic E-state index is 7.51. The molecular weight excluding hydrogens is 92.8 g/mol. The number of hydrogen-bond donors (Lipinski definition) is 2. The lowest BCUT2D eigenvalue weighted by Crippen LogP contribution is -1.75. The SMILES string of the molecule is C=CC#N.OBO. The van der Waals surface area contributed by atoms with E-state index >= 15 is 0 Å². The van der Waals surface area contributed by atoms with Gasteiger partial charge in [0.15, 0.2) is 0 Å². The van der Waals surface area contributed by atoms with E-state index in [1.165, 1.54) is 6.08 Å². The van der Waals surface area contributed by atoms with Crippen LogP contribution in [0.1, 0.15) is 0 Å². The Morgan fingerprint density at radius 3 is 1.86 bits per heavy atom. The lowest BCUT2D eigenvalue weighted by Gasteiger charge is -1.48. The van der Waals surface area contributed by atoms with Gasteiger partial charge in [-0.25, -0.2) is 0 Å². The summed E-state index contributed by atoms with van der Waals surface area (Å²) in [6.45, 7) is 3.12. The first-order valence-corrected chi connectivity index (χ1v) is 1.55. The minimum absolute atomic E-state index is 0.750. The quantitative estimate of drug-likeness (QED) is 0.300.